The summed E-state index contributed by atoms with van der Waals surface area (Å²) >= 11 is 3.20. The molecule has 0 aliphatic carbocycles. The van der Waals surface area contributed by atoms with Crippen LogP contribution in [0, 0.1) is 5.82 Å². The van der Waals surface area contributed by atoms with Crippen molar-refractivity contribution >= 4 is 21.7 Å². The van der Waals surface area contributed by atoms with Gasteiger partial charge in [0.15, 0.2) is 0 Å². The van der Waals surface area contributed by atoms with Gasteiger partial charge in [0, 0.05) is 17.3 Å². The molecule has 0 bridgehead atoms. The van der Waals surface area contributed by atoms with Gasteiger partial charge in [0.1, 0.15) is 17.3 Å². The van der Waals surface area contributed by atoms with E-state index in [2.05, 4.69) is 15.9 Å². The molecule has 0 aromatic heterocycles. The van der Waals surface area contributed by atoms with Crippen LogP contribution in [0.5, 0.6) is 5.75 Å². The van der Waals surface area contributed by atoms with E-state index in [9.17, 15) is 9.18 Å². The molecular weight excluding hydrogens is 335 g/mol. The molecule has 0 saturated carbocycles. The first-order chi connectivity index (χ1) is 10.1. The number of carbonyl (C=O) groups is 1. The number of hydrogen-bond donors (Lipinski definition) is 0. The molecule has 2 aromatic carbocycles. The fourth-order valence-corrected chi connectivity index (χ4v) is 2.37. The van der Waals surface area contributed by atoms with E-state index in [1.165, 1.54) is 6.07 Å². The third-order valence-corrected chi connectivity index (χ3v) is 3.75. The molecule has 2 nitrogen and oxygen atoms in total. The van der Waals surface area contributed by atoms with Gasteiger partial charge in [0.05, 0.1) is 7.11 Å². The molecule has 0 spiro atoms. The maximum Gasteiger partial charge on any atom is 0.137 e. The van der Waals surface area contributed by atoms with Gasteiger partial charge in [-0.2, -0.15) is 0 Å². The minimum absolute atomic E-state index is 0.0343. The van der Waals surface area contributed by atoms with Crippen molar-refractivity contribution in [1.29, 1.82) is 0 Å². The molecule has 4 heteroatoms. The minimum atomic E-state index is -0.345. The summed E-state index contributed by atoms with van der Waals surface area (Å²) in [5.41, 5.74) is 1.51. The van der Waals surface area contributed by atoms with Crippen LogP contribution >= 0.6 is 15.9 Å². The highest BCUT2D eigenvalue weighted by Crippen LogP contribution is 2.17. The fourth-order valence-electron chi connectivity index (χ4n) is 2.04. The van der Waals surface area contributed by atoms with Gasteiger partial charge in [-0.25, -0.2) is 4.39 Å². The Morgan fingerprint density at radius 2 is 1.90 bits per heavy atom. The van der Waals surface area contributed by atoms with E-state index in [-0.39, 0.29) is 18.0 Å². The zero-order valence-electron chi connectivity index (χ0n) is 11.7. The number of halogens is 2. The average molecular weight is 351 g/mol. The molecule has 0 amide bonds. The number of aryl methyl sites for hydroxylation is 1. The Bertz CT molecular complexity index is 623. The highest BCUT2D eigenvalue weighted by atomic mass is 79.9. The molecule has 0 radical (unpaired) electrons. The lowest BCUT2D eigenvalue weighted by Crippen LogP contribution is -2.06. The number of hydrogen-bond acceptors (Lipinski definition) is 2. The zero-order chi connectivity index (χ0) is 15.2. The largest absolute Gasteiger partial charge is 0.497 e. The van der Waals surface area contributed by atoms with Crippen LogP contribution < -0.4 is 4.74 Å². The van der Waals surface area contributed by atoms with Crippen LogP contribution in [0.3, 0.4) is 0 Å². The standard InChI is InChI=1S/C17H16BrFO2/c1-21-16-8-3-12(4-9-16)2-7-15(20)10-13-5-6-14(18)11-17(13)19/h3-6,8-9,11H,2,7,10H2,1H3. The molecule has 0 aliphatic heterocycles. The van der Waals surface area contributed by atoms with Crippen LogP contribution in [0.4, 0.5) is 4.39 Å². The molecule has 0 atom stereocenters. The lowest BCUT2D eigenvalue weighted by atomic mass is 10.0. The summed E-state index contributed by atoms with van der Waals surface area (Å²) in [7, 11) is 1.62. The molecule has 110 valence electrons. The molecule has 0 unspecified atom stereocenters. The van der Waals surface area contributed by atoms with Crippen molar-refractivity contribution in [2.24, 2.45) is 0 Å². The van der Waals surface area contributed by atoms with E-state index >= 15 is 0 Å². The molecule has 0 N–H and O–H groups in total. The fraction of sp³-hybridized carbons (Fsp3) is 0.235. The topological polar surface area (TPSA) is 26.3 Å². The second-order valence-corrected chi connectivity index (χ2v) is 5.71. The Morgan fingerprint density at radius 1 is 1.19 bits per heavy atom. The Hall–Kier alpha value is -1.68. The lowest BCUT2D eigenvalue weighted by Gasteiger charge is -2.05. The van der Waals surface area contributed by atoms with Crippen LogP contribution in [0.2, 0.25) is 0 Å². The summed E-state index contributed by atoms with van der Waals surface area (Å²) in [6.45, 7) is 0. The molecule has 0 aliphatic rings. The highest BCUT2D eigenvalue weighted by Gasteiger charge is 2.09. The summed E-state index contributed by atoms with van der Waals surface area (Å²) in [5.74, 6) is 0.483. The van der Waals surface area contributed by atoms with E-state index in [0.29, 0.717) is 22.9 Å². The van der Waals surface area contributed by atoms with E-state index < -0.39 is 0 Å². The van der Waals surface area contributed by atoms with Crippen molar-refractivity contribution in [3.8, 4) is 5.75 Å². The van der Waals surface area contributed by atoms with Crippen molar-refractivity contribution in [3.63, 3.8) is 0 Å². The second kappa shape index (κ2) is 7.36. The van der Waals surface area contributed by atoms with Crippen LogP contribution in [0.25, 0.3) is 0 Å². The summed E-state index contributed by atoms with van der Waals surface area (Å²) < 4.78 is 19.4. The monoisotopic (exact) mass is 350 g/mol. The van der Waals surface area contributed by atoms with Gasteiger partial charge in [0.25, 0.3) is 0 Å². The summed E-state index contributed by atoms with van der Waals surface area (Å²) in [6, 6.07) is 12.4. The van der Waals surface area contributed by atoms with Crippen molar-refractivity contribution < 1.29 is 13.9 Å². The molecular formula is C17H16BrFO2. The zero-order valence-corrected chi connectivity index (χ0v) is 13.3. The number of methoxy groups -OCH3 is 1. The van der Waals surface area contributed by atoms with Crippen molar-refractivity contribution in [2.75, 3.05) is 7.11 Å². The molecule has 0 saturated heterocycles. The normalized spacial score (nSPS) is 10.4. The maximum atomic E-state index is 13.7. The van der Waals surface area contributed by atoms with Gasteiger partial charge in [-0.15, -0.1) is 0 Å². The SMILES string of the molecule is COc1ccc(CCC(=O)Cc2ccc(Br)cc2F)cc1. The molecule has 2 aromatic rings. The van der Waals surface area contributed by atoms with Crippen LogP contribution in [-0.4, -0.2) is 12.9 Å². The summed E-state index contributed by atoms with van der Waals surface area (Å²) in [6.07, 6.45) is 1.19. The molecule has 0 fully saturated rings. The van der Waals surface area contributed by atoms with E-state index in [1.54, 1.807) is 19.2 Å². The second-order valence-electron chi connectivity index (χ2n) is 4.80. The Kier molecular flexibility index (Phi) is 5.51. The Balaban J connectivity index is 1.89. The predicted octanol–water partition coefficient (Wildman–Crippen LogP) is 4.34. The van der Waals surface area contributed by atoms with Gasteiger partial charge in [-0.3, -0.25) is 4.79 Å². The Labute approximate surface area is 132 Å². The first kappa shape index (κ1) is 15.7. The molecule has 0 heterocycles. The quantitative estimate of drug-likeness (QED) is 0.774. The van der Waals surface area contributed by atoms with Crippen molar-refractivity contribution in [1.82, 2.24) is 0 Å². The smallest absolute Gasteiger partial charge is 0.137 e. The van der Waals surface area contributed by atoms with Crippen molar-refractivity contribution in [3.05, 3.63) is 63.9 Å². The van der Waals surface area contributed by atoms with Gasteiger partial charge < -0.3 is 4.74 Å². The molecule has 2 rings (SSSR count). The number of benzene rings is 2. The van der Waals surface area contributed by atoms with E-state index in [1.807, 2.05) is 24.3 Å². The summed E-state index contributed by atoms with van der Waals surface area (Å²) in [5, 5.41) is 0. The van der Waals surface area contributed by atoms with Crippen LogP contribution in [0.15, 0.2) is 46.9 Å². The first-order valence-corrected chi connectivity index (χ1v) is 7.46. The number of Topliss-reactive ketones (excluding diaryl/α,β-unsaturated/α-hetero) is 1. The van der Waals surface area contributed by atoms with Gasteiger partial charge in [-0.05, 0) is 41.8 Å². The third kappa shape index (κ3) is 4.67. The van der Waals surface area contributed by atoms with Gasteiger partial charge >= 0.3 is 0 Å². The number of ketones is 1. The first-order valence-electron chi connectivity index (χ1n) is 6.67. The number of ether oxygens (including phenoxy) is 1. The van der Waals surface area contributed by atoms with E-state index in [4.69, 9.17) is 4.74 Å². The van der Waals surface area contributed by atoms with Crippen molar-refractivity contribution in [2.45, 2.75) is 19.3 Å². The predicted molar refractivity (Wildman–Crippen MR) is 84.1 cm³/mol. The number of carbonyl (C=O) groups excluding carboxylic acids is 1. The van der Waals surface area contributed by atoms with Gasteiger partial charge in [-0.1, -0.05) is 34.1 Å². The summed E-state index contributed by atoms with van der Waals surface area (Å²) in [4.78, 5) is 11.9. The molecule has 21 heavy (non-hydrogen) atoms. The third-order valence-electron chi connectivity index (χ3n) is 3.25. The highest BCUT2D eigenvalue weighted by molar-refractivity contribution is 9.10. The van der Waals surface area contributed by atoms with Gasteiger partial charge in [0.2, 0.25) is 0 Å². The van der Waals surface area contributed by atoms with Crippen LogP contribution in [0.1, 0.15) is 17.5 Å². The number of rotatable bonds is 6. The maximum absolute atomic E-state index is 13.7. The van der Waals surface area contributed by atoms with Crippen LogP contribution in [-0.2, 0) is 17.6 Å². The minimum Gasteiger partial charge on any atom is -0.497 e. The van der Waals surface area contributed by atoms with E-state index in [0.717, 1.165) is 11.3 Å². The average Bonchev–Trinajstić information content (AvgIpc) is 2.48. The lowest BCUT2D eigenvalue weighted by molar-refractivity contribution is -0.118. The Morgan fingerprint density at radius 3 is 2.52 bits per heavy atom.